The predicted octanol–water partition coefficient (Wildman–Crippen LogP) is 3.52. The molecule has 0 aliphatic rings. The van der Waals surface area contributed by atoms with E-state index < -0.39 is 0 Å². The predicted molar refractivity (Wildman–Crippen MR) is 93.1 cm³/mol. The van der Waals surface area contributed by atoms with Gasteiger partial charge in [0.2, 0.25) is 0 Å². The molecular formula is C19H23N3O. The zero-order chi connectivity index (χ0) is 16.4. The van der Waals surface area contributed by atoms with E-state index in [9.17, 15) is 0 Å². The van der Waals surface area contributed by atoms with Crippen molar-refractivity contribution in [3.63, 3.8) is 0 Å². The quantitative estimate of drug-likeness (QED) is 0.784. The summed E-state index contributed by atoms with van der Waals surface area (Å²) in [4.78, 5) is 9.38. The summed E-state index contributed by atoms with van der Waals surface area (Å²) < 4.78 is 2.23. The summed E-state index contributed by atoms with van der Waals surface area (Å²) in [5, 5.41) is 9.07. The molecule has 120 valence electrons. The van der Waals surface area contributed by atoms with Crippen LogP contribution in [0.25, 0.3) is 16.9 Å². The normalized spacial score (nSPS) is 11.3. The van der Waals surface area contributed by atoms with Gasteiger partial charge in [-0.25, -0.2) is 9.97 Å². The minimum absolute atomic E-state index is 0.177. The zero-order valence-electron chi connectivity index (χ0n) is 14.0. The molecule has 0 saturated heterocycles. The first-order chi connectivity index (χ1) is 11.1. The number of nitrogens with zero attached hydrogens (tertiary/aromatic N) is 3. The second-order valence-corrected chi connectivity index (χ2v) is 6.01. The Bertz CT molecular complexity index is 819. The maximum absolute atomic E-state index is 9.07. The standard InChI is InChI=1S/C19H23N3O/c1-4-5-17-21-19-18(13(2)12-14(3)20-19)22(17)16-8-6-15(7-9-16)10-11-23/h6-9,12,23H,4-5,10-11H2,1-3H3. The Morgan fingerprint density at radius 2 is 1.78 bits per heavy atom. The van der Waals surface area contributed by atoms with Gasteiger partial charge in [-0.1, -0.05) is 19.1 Å². The molecule has 0 aliphatic carbocycles. The number of imidazole rings is 1. The van der Waals surface area contributed by atoms with Crippen molar-refractivity contribution in [2.75, 3.05) is 6.61 Å². The monoisotopic (exact) mass is 309 g/mol. The van der Waals surface area contributed by atoms with Crippen LogP contribution < -0.4 is 0 Å². The fourth-order valence-electron chi connectivity index (χ4n) is 3.08. The summed E-state index contributed by atoms with van der Waals surface area (Å²) in [6.07, 6.45) is 2.66. The first-order valence-corrected chi connectivity index (χ1v) is 8.19. The molecule has 0 spiro atoms. The number of aliphatic hydroxyl groups excluding tert-OH is 1. The Hall–Kier alpha value is -2.20. The van der Waals surface area contributed by atoms with Crippen LogP contribution in [0.3, 0.4) is 0 Å². The molecule has 0 radical (unpaired) electrons. The highest BCUT2D eigenvalue weighted by Crippen LogP contribution is 2.25. The van der Waals surface area contributed by atoms with E-state index in [0.29, 0.717) is 6.42 Å². The number of aryl methyl sites for hydroxylation is 3. The lowest BCUT2D eigenvalue weighted by Crippen LogP contribution is -2.02. The SMILES string of the molecule is CCCc1nc2nc(C)cc(C)c2n1-c1ccc(CCO)cc1. The topological polar surface area (TPSA) is 50.9 Å². The van der Waals surface area contributed by atoms with Crippen LogP contribution in [-0.4, -0.2) is 26.2 Å². The molecule has 4 nitrogen and oxygen atoms in total. The summed E-state index contributed by atoms with van der Waals surface area (Å²) in [6, 6.07) is 10.5. The minimum atomic E-state index is 0.177. The van der Waals surface area contributed by atoms with Crippen molar-refractivity contribution in [1.82, 2.24) is 14.5 Å². The van der Waals surface area contributed by atoms with Gasteiger partial charge in [-0.15, -0.1) is 0 Å². The van der Waals surface area contributed by atoms with Gasteiger partial charge in [0, 0.05) is 24.4 Å². The van der Waals surface area contributed by atoms with E-state index in [1.165, 1.54) is 5.56 Å². The average molecular weight is 309 g/mol. The van der Waals surface area contributed by atoms with E-state index in [4.69, 9.17) is 10.1 Å². The largest absolute Gasteiger partial charge is 0.396 e. The van der Waals surface area contributed by atoms with E-state index in [1.54, 1.807) is 0 Å². The van der Waals surface area contributed by atoms with Gasteiger partial charge in [-0.2, -0.15) is 0 Å². The van der Waals surface area contributed by atoms with Crippen LogP contribution in [0.15, 0.2) is 30.3 Å². The van der Waals surface area contributed by atoms with Crippen molar-refractivity contribution < 1.29 is 5.11 Å². The smallest absolute Gasteiger partial charge is 0.178 e. The summed E-state index contributed by atoms with van der Waals surface area (Å²) >= 11 is 0. The minimum Gasteiger partial charge on any atom is -0.396 e. The van der Waals surface area contributed by atoms with Crippen LogP contribution >= 0.6 is 0 Å². The lowest BCUT2D eigenvalue weighted by atomic mass is 10.1. The van der Waals surface area contributed by atoms with E-state index in [1.807, 2.05) is 6.92 Å². The Morgan fingerprint density at radius 3 is 2.43 bits per heavy atom. The maximum Gasteiger partial charge on any atom is 0.178 e. The summed E-state index contributed by atoms with van der Waals surface area (Å²) in [6.45, 7) is 6.47. The molecule has 3 aromatic rings. The second-order valence-electron chi connectivity index (χ2n) is 6.01. The highest BCUT2D eigenvalue weighted by atomic mass is 16.2. The molecule has 0 saturated carbocycles. The molecule has 0 amide bonds. The van der Waals surface area contributed by atoms with Crippen LogP contribution in [0.1, 0.15) is 36.0 Å². The number of hydrogen-bond acceptors (Lipinski definition) is 3. The van der Waals surface area contributed by atoms with Crippen molar-refractivity contribution in [2.24, 2.45) is 0 Å². The molecule has 0 fully saturated rings. The van der Waals surface area contributed by atoms with Crippen molar-refractivity contribution in [3.8, 4) is 5.69 Å². The number of pyridine rings is 1. The second kappa shape index (κ2) is 6.50. The van der Waals surface area contributed by atoms with Gasteiger partial charge in [0.05, 0.1) is 5.52 Å². The third-order valence-corrected chi connectivity index (χ3v) is 4.08. The highest BCUT2D eigenvalue weighted by molar-refractivity contribution is 5.78. The van der Waals surface area contributed by atoms with E-state index >= 15 is 0 Å². The van der Waals surface area contributed by atoms with Gasteiger partial charge < -0.3 is 5.11 Å². The molecule has 2 aromatic heterocycles. The zero-order valence-corrected chi connectivity index (χ0v) is 14.0. The van der Waals surface area contributed by atoms with Crippen LogP contribution in [0.5, 0.6) is 0 Å². The third-order valence-electron chi connectivity index (χ3n) is 4.08. The van der Waals surface area contributed by atoms with Crippen LogP contribution in [0.4, 0.5) is 0 Å². The van der Waals surface area contributed by atoms with Crippen molar-refractivity contribution >= 4 is 11.2 Å². The summed E-state index contributed by atoms with van der Waals surface area (Å²) in [5.41, 5.74) is 6.36. The van der Waals surface area contributed by atoms with E-state index in [2.05, 4.69) is 53.7 Å². The third kappa shape index (κ3) is 2.99. The molecule has 2 heterocycles. The van der Waals surface area contributed by atoms with Crippen LogP contribution in [-0.2, 0) is 12.8 Å². The molecule has 0 aliphatic heterocycles. The molecule has 23 heavy (non-hydrogen) atoms. The number of hydrogen-bond donors (Lipinski definition) is 1. The Kier molecular flexibility index (Phi) is 4.44. The number of benzene rings is 1. The van der Waals surface area contributed by atoms with Crippen molar-refractivity contribution in [1.29, 1.82) is 0 Å². The van der Waals surface area contributed by atoms with Crippen molar-refractivity contribution in [3.05, 3.63) is 53.0 Å². The van der Waals surface area contributed by atoms with E-state index in [0.717, 1.165) is 46.8 Å². The molecule has 1 aromatic carbocycles. The van der Waals surface area contributed by atoms with Gasteiger partial charge >= 0.3 is 0 Å². The first kappa shape index (κ1) is 15.7. The number of rotatable bonds is 5. The lowest BCUT2D eigenvalue weighted by Gasteiger charge is -2.11. The fraction of sp³-hybridized carbons (Fsp3) is 0.368. The Labute approximate surface area is 136 Å². The summed E-state index contributed by atoms with van der Waals surface area (Å²) in [7, 11) is 0. The number of aliphatic hydroxyl groups is 1. The molecule has 3 rings (SSSR count). The van der Waals surface area contributed by atoms with Crippen LogP contribution in [0, 0.1) is 13.8 Å². The molecule has 0 bridgehead atoms. The van der Waals surface area contributed by atoms with Gasteiger partial charge in [0.1, 0.15) is 5.82 Å². The Morgan fingerprint density at radius 1 is 1.04 bits per heavy atom. The van der Waals surface area contributed by atoms with E-state index in [-0.39, 0.29) is 6.61 Å². The lowest BCUT2D eigenvalue weighted by molar-refractivity contribution is 0.299. The van der Waals surface area contributed by atoms with Gasteiger partial charge in [-0.3, -0.25) is 4.57 Å². The summed E-state index contributed by atoms with van der Waals surface area (Å²) in [5.74, 6) is 1.05. The molecule has 4 heteroatoms. The fourth-order valence-corrected chi connectivity index (χ4v) is 3.08. The van der Waals surface area contributed by atoms with Crippen LogP contribution in [0.2, 0.25) is 0 Å². The molecule has 0 atom stereocenters. The first-order valence-electron chi connectivity index (χ1n) is 8.19. The highest BCUT2D eigenvalue weighted by Gasteiger charge is 2.15. The molecule has 0 unspecified atom stereocenters. The van der Waals surface area contributed by atoms with Gasteiger partial charge in [0.25, 0.3) is 0 Å². The van der Waals surface area contributed by atoms with Gasteiger partial charge in [0.15, 0.2) is 5.65 Å². The number of aromatic nitrogens is 3. The molecule has 1 N–H and O–H groups in total. The average Bonchev–Trinajstić information content (AvgIpc) is 2.87. The van der Waals surface area contributed by atoms with Crippen molar-refractivity contribution in [2.45, 2.75) is 40.0 Å². The van der Waals surface area contributed by atoms with Gasteiger partial charge in [-0.05, 0) is 56.0 Å². The number of fused-ring (bicyclic) bond motifs is 1. The maximum atomic E-state index is 9.07. The Balaban J connectivity index is 2.19. The molecular weight excluding hydrogens is 286 g/mol.